The molecule has 4 heteroatoms. The van der Waals surface area contributed by atoms with E-state index in [1.165, 1.54) is 0 Å². The van der Waals surface area contributed by atoms with Crippen molar-refractivity contribution in [3.63, 3.8) is 0 Å². The molecule has 0 saturated heterocycles. The second-order valence-electron chi connectivity index (χ2n) is 6.77. The molecule has 0 aromatic heterocycles. The third-order valence-electron chi connectivity index (χ3n) is 4.82. The Balaban J connectivity index is 1.60. The normalized spacial score (nSPS) is 13.4. The molecule has 0 aliphatic carbocycles. The van der Waals surface area contributed by atoms with Gasteiger partial charge in [-0.3, -0.25) is 10.1 Å². The van der Waals surface area contributed by atoms with Crippen molar-refractivity contribution in [3.8, 4) is 11.5 Å². The average molecular weight is 371 g/mol. The number of carboxylic acids is 1. The lowest BCUT2D eigenvalue weighted by atomic mass is 10.0. The molecule has 0 fully saturated rings. The summed E-state index contributed by atoms with van der Waals surface area (Å²) in [6.45, 7) is 0.429. The maximum absolute atomic E-state index is 11.8. The van der Waals surface area contributed by atoms with E-state index in [4.69, 9.17) is 4.74 Å². The molecular formula is C24H21NO3. The zero-order valence-electron chi connectivity index (χ0n) is 15.3. The summed E-state index contributed by atoms with van der Waals surface area (Å²) in [5.74, 6) is 0.711. The molecule has 1 aliphatic heterocycles. The van der Waals surface area contributed by atoms with Gasteiger partial charge in [0.2, 0.25) is 0 Å². The van der Waals surface area contributed by atoms with E-state index in [1.807, 2.05) is 78.9 Å². The predicted octanol–water partition coefficient (Wildman–Crippen LogP) is 4.62. The van der Waals surface area contributed by atoms with Crippen molar-refractivity contribution in [1.29, 1.82) is 0 Å². The van der Waals surface area contributed by atoms with Crippen molar-refractivity contribution < 1.29 is 14.6 Å². The van der Waals surface area contributed by atoms with Gasteiger partial charge in [-0.2, -0.15) is 0 Å². The lowest BCUT2D eigenvalue weighted by Crippen LogP contribution is -2.39. The van der Waals surface area contributed by atoms with Gasteiger partial charge < -0.3 is 9.84 Å². The molecule has 3 aromatic carbocycles. The Morgan fingerprint density at radius 2 is 1.57 bits per heavy atom. The standard InChI is InChI=1S/C24H21NO3/c26-24(27)21(14-17-8-2-1-3-9-17)25-16-19-15-18-10-4-6-12-22(18)28-23-13-7-5-11-20(19)23/h1-13,15,21,25H,14,16H2,(H,26,27). The van der Waals surface area contributed by atoms with Gasteiger partial charge in [-0.25, -0.2) is 0 Å². The van der Waals surface area contributed by atoms with Gasteiger partial charge in [-0.05, 0) is 35.8 Å². The molecule has 0 spiro atoms. The molecule has 0 radical (unpaired) electrons. The molecule has 1 atom stereocenters. The van der Waals surface area contributed by atoms with E-state index in [2.05, 4.69) is 11.4 Å². The van der Waals surface area contributed by atoms with Crippen LogP contribution in [0.3, 0.4) is 0 Å². The lowest BCUT2D eigenvalue weighted by Gasteiger charge is -2.17. The molecule has 4 rings (SSSR count). The largest absolute Gasteiger partial charge is 0.480 e. The maximum atomic E-state index is 11.8. The van der Waals surface area contributed by atoms with Crippen molar-refractivity contribution in [1.82, 2.24) is 5.32 Å². The molecule has 1 unspecified atom stereocenters. The van der Waals surface area contributed by atoms with Crippen molar-refractivity contribution in [2.75, 3.05) is 6.54 Å². The Morgan fingerprint density at radius 3 is 2.36 bits per heavy atom. The van der Waals surface area contributed by atoms with Crippen LogP contribution in [0.15, 0.2) is 78.9 Å². The van der Waals surface area contributed by atoms with Crippen LogP contribution >= 0.6 is 0 Å². The van der Waals surface area contributed by atoms with Crippen molar-refractivity contribution in [2.45, 2.75) is 12.5 Å². The molecule has 2 N–H and O–H groups in total. The fourth-order valence-electron chi connectivity index (χ4n) is 3.37. The van der Waals surface area contributed by atoms with E-state index < -0.39 is 12.0 Å². The van der Waals surface area contributed by atoms with Crippen LogP contribution in [-0.2, 0) is 11.2 Å². The van der Waals surface area contributed by atoms with E-state index in [0.717, 1.165) is 33.8 Å². The van der Waals surface area contributed by atoms with Crippen molar-refractivity contribution >= 4 is 17.6 Å². The number of carboxylic acid groups (broad SMARTS) is 1. The minimum atomic E-state index is -0.858. The summed E-state index contributed by atoms with van der Waals surface area (Å²) in [6.07, 6.45) is 2.49. The van der Waals surface area contributed by atoms with Crippen molar-refractivity contribution in [2.24, 2.45) is 0 Å². The van der Waals surface area contributed by atoms with Crippen LogP contribution in [0.5, 0.6) is 11.5 Å². The van der Waals surface area contributed by atoms with Gasteiger partial charge in [0.15, 0.2) is 0 Å². The molecule has 4 nitrogen and oxygen atoms in total. The smallest absolute Gasteiger partial charge is 0.321 e. The summed E-state index contributed by atoms with van der Waals surface area (Å²) in [4.78, 5) is 11.8. The van der Waals surface area contributed by atoms with Crippen LogP contribution in [0.25, 0.3) is 11.6 Å². The zero-order chi connectivity index (χ0) is 19.3. The first-order valence-electron chi connectivity index (χ1n) is 9.27. The topological polar surface area (TPSA) is 58.6 Å². The molecular weight excluding hydrogens is 350 g/mol. The van der Waals surface area contributed by atoms with E-state index in [0.29, 0.717) is 13.0 Å². The molecule has 1 aliphatic rings. The summed E-state index contributed by atoms with van der Waals surface area (Å²) >= 11 is 0. The molecule has 1 heterocycles. The molecule has 28 heavy (non-hydrogen) atoms. The summed E-state index contributed by atoms with van der Waals surface area (Å²) in [7, 11) is 0. The Bertz CT molecular complexity index is 1010. The monoisotopic (exact) mass is 371 g/mol. The van der Waals surface area contributed by atoms with Gasteiger partial charge in [-0.1, -0.05) is 66.7 Å². The predicted molar refractivity (Wildman–Crippen MR) is 110 cm³/mol. The highest BCUT2D eigenvalue weighted by molar-refractivity contribution is 5.88. The zero-order valence-corrected chi connectivity index (χ0v) is 15.3. The molecule has 0 amide bonds. The highest BCUT2D eigenvalue weighted by Crippen LogP contribution is 2.37. The third-order valence-corrected chi connectivity index (χ3v) is 4.82. The van der Waals surface area contributed by atoms with Crippen LogP contribution in [0.2, 0.25) is 0 Å². The van der Waals surface area contributed by atoms with Crippen LogP contribution < -0.4 is 10.1 Å². The van der Waals surface area contributed by atoms with Gasteiger partial charge in [0.1, 0.15) is 17.5 Å². The van der Waals surface area contributed by atoms with Gasteiger partial charge in [0, 0.05) is 17.7 Å². The Labute approximate surface area is 164 Å². The first-order chi connectivity index (χ1) is 13.7. The molecule has 3 aromatic rings. The van der Waals surface area contributed by atoms with E-state index in [1.54, 1.807) is 0 Å². The minimum absolute atomic E-state index is 0.429. The summed E-state index contributed by atoms with van der Waals surface area (Å²) in [5, 5.41) is 12.9. The fourth-order valence-corrected chi connectivity index (χ4v) is 3.37. The lowest BCUT2D eigenvalue weighted by molar-refractivity contribution is -0.139. The number of rotatable bonds is 6. The van der Waals surface area contributed by atoms with E-state index >= 15 is 0 Å². The van der Waals surface area contributed by atoms with Gasteiger partial charge in [0.25, 0.3) is 0 Å². The first kappa shape index (κ1) is 18.0. The fraction of sp³-hybridized carbons (Fsp3) is 0.125. The van der Waals surface area contributed by atoms with Crippen LogP contribution in [0.4, 0.5) is 0 Å². The molecule has 0 saturated carbocycles. The quantitative estimate of drug-likeness (QED) is 0.664. The molecule has 140 valence electrons. The number of hydrogen-bond donors (Lipinski definition) is 2. The Morgan fingerprint density at radius 1 is 0.893 bits per heavy atom. The number of fused-ring (bicyclic) bond motifs is 2. The number of ether oxygens (including phenoxy) is 1. The van der Waals surface area contributed by atoms with Crippen molar-refractivity contribution in [3.05, 3.63) is 95.6 Å². The SMILES string of the molecule is O=C(O)C(Cc1ccccc1)NCC1=Cc2ccccc2Oc2ccccc21. The number of carbonyl (C=O) groups is 1. The number of aliphatic carboxylic acids is 1. The van der Waals surface area contributed by atoms with E-state index in [9.17, 15) is 9.90 Å². The highest BCUT2D eigenvalue weighted by atomic mass is 16.5. The second kappa shape index (κ2) is 8.11. The Kier molecular flexibility index (Phi) is 5.22. The van der Waals surface area contributed by atoms with Crippen LogP contribution in [0, 0.1) is 0 Å². The Hall–Kier alpha value is -3.37. The second-order valence-corrected chi connectivity index (χ2v) is 6.77. The molecule has 0 bridgehead atoms. The van der Waals surface area contributed by atoms with Crippen LogP contribution in [0.1, 0.15) is 16.7 Å². The number of para-hydroxylation sites is 2. The van der Waals surface area contributed by atoms with E-state index in [-0.39, 0.29) is 0 Å². The van der Waals surface area contributed by atoms with Gasteiger partial charge >= 0.3 is 5.97 Å². The minimum Gasteiger partial charge on any atom is -0.480 e. The summed E-state index contributed by atoms with van der Waals surface area (Å²) < 4.78 is 6.09. The average Bonchev–Trinajstić information content (AvgIpc) is 2.88. The maximum Gasteiger partial charge on any atom is 0.321 e. The number of nitrogens with one attached hydrogen (secondary N) is 1. The van der Waals surface area contributed by atoms with Gasteiger partial charge in [-0.15, -0.1) is 0 Å². The third kappa shape index (κ3) is 3.97. The first-order valence-corrected chi connectivity index (χ1v) is 9.27. The highest BCUT2D eigenvalue weighted by Gasteiger charge is 2.20. The van der Waals surface area contributed by atoms with Crippen LogP contribution in [-0.4, -0.2) is 23.7 Å². The summed E-state index contributed by atoms with van der Waals surface area (Å²) in [5.41, 5.74) is 3.94. The number of hydrogen-bond acceptors (Lipinski definition) is 3. The number of benzene rings is 3. The summed E-state index contributed by atoms with van der Waals surface area (Å²) in [6, 6.07) is 24.7. The van der Waals surface area contributed by atoms with Gasteiger partial charge in [0.05, 0.1) is 0 Å².